The summed E-state index contributed by atoms with van der Waals surface area (Å²) in [5.41, 5.74) is 6.09. The molecule has 0 aromatic rings. The average molecular weight is 155 g/mol. The Labute approximate surface area is 72.2 Å². The van der Waals surface area contributed by atoms with Gasteiger partial charge in [0, 0.05) is 6.04 Å². The van der Waals surface area contributed by atoms with Gasteiger partial charge in [-0.1, -0.05) is 45.9 Å². The Kier molecular flexibility index (Phi) is 5.66. The summed E-state index contributed by atoms with van der Waals surface area (Å²) in [6.45, 7) is 6.68. The molecule has 0 fully saturated rings. The maximum absolute atomic E-state index is 6.09. The Morgan fingerprint density at radius 2 is 1.55 bits per heavy atom. The Bertz CT molecular complexity index is 91.6. The zero-order valence-corrected chi connectivity index (χ0v) is 8.43. The molecule has 0 aliphatic rings. The molecule has 0 saturated carbocycles. The average Bonchev–Trinajstić information content (AvgIpc) is 2.05. The molecule has 0 aliphatic heterocycles. The van der Waals surface area contributed by atoms with E-state index in [4.69, 9.17) is 5.73 Å². The van der Waals surface area contributed by atoms with Crippen LogP contribution < -0.4 is 5.73 Å². The molecule has 2 atom stereocenters. The highest BCUT2D eigenvalue weighted by atomic mass is 14.7. The molecule has 2 heteroatoms. The van der Waals surface area contributed by atoms with Crippen molar-refractivity contribution in [3.05, 3.63) is 0 Å². The second kappa shape index (κ2) is 5.65. The quantitative estimate of drug-likeness (QED) is 0.599. The van der Waals surface area contributed by atoms with Gasteiger partial charge in [0.05, 0.1) is 0 Å². The monoisotopic (exact) mass is 155 g/mol. The number of rotatable bonds is 5. The summed E-state index contributed by atoms with van der Waals surface area (Å²) in [5, 5.41) is 0. The van der Waals surface area contributed by atoms with E-state index in [1.807, 2.05) is 0 Å². The lowest BCUT2D eigenvalue weighted by molar-refractivity contribution is 0.376. The highest BCUT2D eigenvalue weighted by Crippen LogP contribution is 2.21. The first-order valence-corrected chi connectivity index (χ1v) is 4.92. The summed E-state index contributed by atoms with van der Waals surface area (Å²) in [6.07, 6.45) is 3.65. The highest BCUT2D eigenvalue weighted by Gasteiger charge is 2.18. The minimum Gasteiger partial charge on any atom is -0.328 e. The molecule has 0 bridgehead atoms. The van der Waals surface area contributed by atoms with Gasteiger partial charge >= 0.3 is 0 Å². The first-order chi connectivity index (χ1) is 5.17. The van der Waals surface area contributed by atoms with Crippen molar-refractivity contribution in [3.8, 4) is 0 Å². The lowest BCUT2D eigenvalue weighted by atomic mass is 9.73. The van der Waals surface area contributed by atoms with Gasteiger partial charge < -0.3 is 5.73 Å². The molecule has 0 radical (unpaired) electrons. The van der Waals surface area contributed by atoms with E-state index in [0.29, 0.717) is 11.9 Å². The van der Waals surface area contributed by atoms with Crippen molar-refractivity contribution in [2.24, 2.45) is 11.7 Å². The first kappa shape index (κ1) is 11.0. The zero-order valence-electron chi connectivity index (χ0n) is 8.43. The number of hydrogen-bond acceptors (Lipinski definition) is 1. The normalized spacial score (nSPS) is 16.8. The summed E-state index contributed by atoms with van der Waals surface area (Å²) in [4.78, 5) is 0. The van der Waals surface area contributed by atoms with Gasteiger partial charge in [0.2, 0.25) is 0 Å². The molecule has 0 aromatic heterocycles. The van der Waals surface area contributed by atoms with Crippen molar-refractivity contribution in [2.45, 2.75) is 51.9 Å². The summed E-state index contributed by atoms with van der Waals surface area (Å²) >= 11 is 0. The van der Waals surface area contributed by atoms with E-state index in [-0.39, 0.29) is 0 Å². The largest absolute Gasteiger partial charge is 0.328 e. The van der Waals surface area contributed by atoms with Gasteiger partial charge in [-0.3, -0.25) is 0 Å². The zero-order chi connectivity index (χ0) is 8.85. The van der Waals surface area contributed by atoms with Crippen molar-refractivity contribution in [1.82, 2.24) is 0 Å². The predicted molar refractivity (Wildman–Crippen MR) is 54.6 cm³/mol. The van der Waals surface area contributed by atoms with Gasteiger partial charge in [-0.05, 0) is 5.92 Å². The van der Waals surface area contributed by atoms with Crippen LogP contribution in [0.1, 0.15) is 40.0 Å². The smallest absolute Gasteiger partial charge is 0.107 e. The van der Waals surface area contributed by atoms with Crippen LogP contribution in [0.3, 0.4) is 0 Å². The molecule has 0 heterocycles. The van der Waals surface area contributed by atoms with Crippen LogP contribution in [0.15, 0.2) is 0 Å². The van der Waals surface area contributed by atoms with Gasteiger partial charge in [0.25, 0.3) is 0 Å². The summed E-state index contributed by atoms with van der Waals surface area (Å²) < 4.78 is 0. The minimum atomic E-state index is 0.412. The van der Waals surface area contributed by atoms with Crippen LogP contribution in [0, 0.1) is 5.92 Å². The maximum Gasteiger partial charge on any atom is 0.107 e. The van der Waals surface area contributed by atoms with E-state index < -0.39 is 0 Å². The predicted octanol–water partition coefficient (Wildman–Crippen LogP) is 1.58. The van der Waals surface area contributed by atoms with E-state index >= 15 is 0 Å². The van der Waals surface area contributed by atoms with Gasteiger partial charge in [0.1, 0.15) is 7.85 Å². The molecular formula is C9H22BN. The Morgan fingerprint density at radius 1 is 1.09 bits per heavy atom. The molecule has 0 amide bonds. The fourth-order valence-electron chi connectivity index (χ4n) is 1.57. The van der Waals surface area contributed by atoms with Crippen LogP contribution in [0.2, 0.25) is 5.82 Å². The molecule has 0 aromatic carbocycles. The van der Waals surface area contributed by atoms with Crippen molar-refractivity contribution in [2.75, 3.05) is 0 Å². The highest BCUT2D eigenvalue weighted by molar-refractivity contribution is 6.12. The third-order valence-corrected chi connectivity index (χ3v) is 2.89. The number of nitrogens with two attached hydrogens (primary N) is 1. The maximum atomic E-state index is 6.09. The molecule has 1 nitrogen and oxygen atoms in total. The van der Waals surface area contributed by atoms with E-state index in [9.17, 15) is 0 Å². The van der Waals surface area contributed by atoms with Gasteiger partial charge in [-0.15, -0.1) is 0 Å². The van der Waals surface area contributed by atoms with Crippen LogP contribution in [-0.4, -0.2) is 13.9 Å². The van der Waals surface area contributed by atoms with Crippen molar-refractivity contribution >= 4 is 7.85 Å². The molecule has 2 unspecified atom stereocenters. The van der Waals surface area contributed by atoms with Crippen LogP contribution in [0.4, 0.5) is 0 Å². The molecule has 0 spiro atoms. The SMILES string of the molecule is BC(CC)C(N)C(CC)CC. The Balaban J connectivity index is 3.86. The van der Waals surface area contributed by atoms with E-state index in [1.165, 1.54) is 19.3 Å². The molecule has 66 valence electrons. The van der Waals surface area contributed by atoms with Crippen LogP contribution >= 0.6 is 0 Å². The van der Waals surface area contributed by atoms with E-state index in [0.717, 1.165) is 5.92 Å². The number of hydrogen-bond donors (Lipinski definition) is 1. The Hall–Kier alpha value is 0.0249. The van der Waals surface area contributed by atoms with Gasteiger partial charge in [0.15, 0.2) is 0 Å². The molecule has 0 saturated heterocycles. The lowest BCUT2D eigenvalue weighted by Crippen LogP contribution is -2.33. The van der Waals surface area contributed by atoms with Crippen LogP contribution in [0.5, 0.6) is 0 Å². The standard InChI is InChI=1S/C9H22BN/c1-4-7(5-2)9(11)8(10)6-3/h7-9H,4-6,10-11H2,1-3H3. The summed E-state index contributed by atoms with van der Waals surface area (Å²) in [5.74, 6) is 1.41. The van der Waals surface area contributed by atoms with Gasteiger partial charge in [-0.2, -0.15) is 0 Å². The van der Waals surface area contributed by atoms with Crippen LogP contribution in [0.25, 0.3) is 0 Å². The molecule has 11 heavy (non-hydrogen) atoms. The van der Waals surface area contributed by atoms with Gasteiger partial charge in [-0.25, -0.2) is 0 Å². The molecule has 2 N–H and O–H groups in total. The summed E-state index contributed by atoms with van der Waals surface area (Å²) in [6, 6.07) is 0.412. The third kappa shape index (κ3) is 3.28. The van der Waals surface area contributed by atoms with Crippen molar-refractivity contribution in [1.29, 1.82) is 0 Å². The molecule has 0 aliphatic carbocycles. The van der Waals surface area contributed by atoms with Crippen molar-refractivity contribution < 1.29 is 0 Å². The van der Waals surface area contributed by atoms with Crippen LogP contribution in [-0.2, 0) is 0 Å². The minimum absolute atomic E-state index is 0.412. The topological polar surface area (TPSA) is 26.0 Å². The first-order valence-electron chi connectivity index (χ1n) is 4.92. The van der Waals surface area contributed by atoms with E-state index in [1.54, 1.807) is 0 Å². The molecule has 0 rings (SSSR count). The second-order valence-electron chi connectivity index (χ2n) is 3.54. The Morgan fingerprint density at radius 3 is 1.82 bits per heavy atom. The summed E-state index contributed by atoms with van der Waals surface area (Å²) in [7, 11) is 2.25. The van der Waals surface area contributed by atoms with Crippen molar-refractivity contribution in [3.63, 3.8) is 0 Å². The molecular weight excluding hydrogens is 133 g/mol. The fourth-order valence-corrected chi connectivity index (χ4v) is 1.57. The van der Waals surface area contributed by atoms with E-state index in [2.05, 4.69) is 28.6 Å². The fraction of sp³-hybridized carbons (Fsp3) is 1.00. The lowest BCUT2D eigenvalue weighted by Gasteiger charge is -2.26. The third-order valence-electron chi connectivity index (χ3n) is 2.89. The second-order valence-corrected chi connectivity index (χ2v) is 3.54.